The van der Waals surface area contributed by atoms with E-state index in [1.54, 1.807) is 12.4 Å². The number of benzene rings is 1. The third kappa shape index (κ3) is 5.34. The molecule has 1 N–H and O–H groups in total. The number of aromatic nitrogens is 3. The maximum absolute atomic E-state index is 6.45. The molecular formula is C30H35N5O. The number of hydrogen-bond acceptors (Lipinski definition) is 6. The molecule has 0 aliphatic heterocycles. The second-order valence-electron chi connectivity index (χ2n) is 10.4. The third-order valence-electron chi connectivity index (χ3n) is 6.86. The zero-order valence-electron chi connectivity index (χ0n) is 21.7. The summed E-state index contributed by atoms with van der Waals surface area (Å²) in [4.78, 5) is 15.3. The predicted molar refractivity (Wildman–Crippen MR) is 146 cm³/mol. The Morgan fingerprint density at radius 1 is 1.00 bits per heavy atom. The Kier molecular flexibility index (Phi) is 7.14. The predicted octanol–water partition coefficient (Wildman–Crippen LogP) is 6.52. The molecule has 0 amide bonds. The first kappa shape index (κ1) is 24.2. The van der Waals surface area contributed by atoms with Crippen LogP contribution in [-0.2, 0) is 6.42 Å². The maximum Gasteiger partial charge on any atom is 0.222 e. The average Bonchev–Trinajstić information content (AvgIpc) is 3.49. The van der Waals surface area contributed by atoms with Gasteiger partial charge in [0.05, 0.1) is 5.56 Å². The maximum atomic E-state index is 6.45. The standard InChI is InChI=1S/C30H35N5O/c1-20(2)15-22-5-6-23-16-24(7-8-26(22)23)27-17-28(36-29(27)21-9-11-31-12-10-21)25-18-33-30(34-19-25)32-13-14-35(3)4/h7-12,16-20,22H,5-6,13-15H2,1-4H3,(H,32,33,34). The van der Waals surface area contributed by atoms with Gasteiger partial charge in [-0.05, 0) is 80.1 Å². The Morgan fingerprint density at radius 2 is 1.78 bits per heavy atom. The fourth-order valence-electron chi connectivity index (χ4n) is 5.09. The second-order valence-corrected chi connectivity index (χ2v) is 10.4. The Hall–Kier alpha value is -3.51. The number of fused-ring (bicyclic) bond motifs is 1. The smallest absolute Gasteiger partial charge is 0.222 e. The number of nitrogens with one attached hydrogen (secondary N) is 1. The van der Waals surface area contributed by atoms with Gasteiger partial charge in [0.25, 0.3) is 0 Å². The molecule has 186 valence electrons. The number of pyridine rings is 1. The molecule has 6 nitrogen and oxygen atoms in total. The van der Waals surface area contributed by atoms with Gasteiger partial charge in [-0.3, -0.25) is 4.98 Å². The van der Waals surface area contributed by atoms with Crippen molar-refractivity contribution in [2.75, 3.05) is 32.5 Å². The van der Waals surface area contributed by atoms with E-state index in [1.165, 1.54) is 29.5 Å². The first-order valence-electron chi connectivity index (χ1n) is 12.9. The van der Waals surface area contributed by atoms with Crippen LogP contribution < -0.4 is 5.32 Å². The Morgan fingerprint density at radius 3 is 2.50 bits per heavy atom. The van der Waals surface area contributed by atoms with Crippen molar-refractivity contribution in [2.45, 2.75) is 39.0 Å². The van der Waals surface area contributed by atoms with Gasteiger partial charge in [0.15, 0.2) is 0 Å². The van der Waals surface area contributed by atoms with Crippen LogP contribution in [-0.4, -0.2) is 47.0 Å². The third-order valence-corrected chi connectivity index (χ3v) is 6.86. The van der Waals surface area contributed by atoms with Gasteiger partial charge in [0.1, 0.15) is 11.5 Å². The summed E-state index contributed by atoms with van der Waals surface area (Å²) in [7, 11) is 4.09. The van der Waals surface area contributed by atoms with Gasteiger partial charge in [-0.1, -0.05) is 32.0 Å². The molecule has 4 aromatic rings. The van der Waals surface area contributed by atoms with Crippen LogP contribution in [0, 0.1) is 5.92 Å². The number of likely N-dealkylation sites (N-methyl/N-ethyl adjacent to an activating group) is 1. The summed E-state index contributed by atoms with van der Waals surface area (Å²) in [6.07, 6.45) is 10.9. The molecule has 1 aliphatic carbocycles. The molecule has 0 radical (unpaired) electrons. The van der Waals surface area contributed by atoms with E-state index < -0.39 is 0 Å². The van der Waals surface area contributed by atoms with Crippen molar-refractivity contribution < 1.29 is 4.42 Å². The van der Waals surface area contributed by atoms with Crippen molar-refractivity contribution in [1.29, 1.82) is 0 Å². The first-order chi connectivity index (χ1) is 17.5. The van der Waals surface area contributed by atoms with Crippen molar-refractivity contribution in [3.8, 4) is 33.8 Å². The summed E-state index contributed by atoms with van der Waals surface area (Å²) < 4.78 is 6.45. The largest absolute Gasteiger partial charge is 0.455 e. The molecule has 0 saturated carbocycles. The Bertz CT molecular complexity index is 1290. The van der Waals surface area contributed by atoms with Gasteiger partial charge >= 0.3 is 0 Å². The normalized spacial score (nSPS) is 15.0. The first-order valence-corrected chi connectivity index (χ1v) is 12.9. The lowest BCUT2D eigenvalue weighted by molar-refractivity contribution is 0.425. The lowest BCUT2D eigenvalue weighted by Gasteiger charge is -2.14. The van der Waals surface area contributed by atoms with E-state index in [0.29, 0.717) is 17.8 Å². The van der Waals surface area contributed by atoms with Crippen LogP contribution in [0.15, 0.2) is 65.6 Å². The van der Waals surface area contributed by atoms with E-state index in [1.807, 2.05) is 38.6 Å². The van der Waals surface area contributed by atoms with Crippen molar-refractivity contribution in [2.24, 2.45) is 5.92 Å². The van der Waals surface area contributed by atoms with Crippen molar-refractivity contribution in [3.63, 3.8) is 0 Å². The summed E-state index contributed by atoms with van der Waals surface area (Å²) >= 11 is 0. The summed E-state index contributed by atoms with van der Waals surface area (Å²) in [6, 6.07) is 13.1. The zero-order chi connectivity index (χ0) is 25.1. The fourth-order valence-corrected chi connectivity index (χ4v) is 5.09. The molecule has 1 unspecified atom stereocenters. The van der Waals surface area contributed by atoms with E-state index in [9.17, 15) is 0 Å². The fraction of sp³-hybridized carbons (Fsp3) is 0.367. The zero-order valence-corrected chi connectivity index (χ0v) is 21.7. The molecule has 0 bridgehead atoms. The van der Waals surface area contributed by atoms with Crippen LogP contribution >= 0.6 is 0 Å². The minimum atomic E-state index is 0.622. The highest BCUT2D eigenvalue weighted by molar-refractivity contribution is 5.84. The molecule has 3 heterocycles. The lowest BCUT2D eigenvalue weighted by Crippen LogP contribution is -2.21. The summed E-state index contributed by atoms with van der Waals surface area (Å²) in [5.74, 6) is 3.62. The van der Waals surface area contributed by atoms with Gasteiger partial charge in [0, 0.05) is 49.0 Å². The number of aryl methyl sites for hydroxylation is 1. The van der Waals surface area contributed by atoms with Gasteiger partial charge in [-0.25, -0.2) is 9.97 Å². The average molecular weight is 482 g/mol. The molecule has 6 heteroatoms. The molecule has 3 aromatic heterocycles. The van der Waals surface area contributed by atoms with Crippen LogP contribution in [0.2, 0.25) is 0 Å². The molecular weight excluding hydrogens is 446 g/mol. The number of hydrogen-bond donors (Lipinski definition) is 1. The topological polar surface area (TPSA) is 67.1 Å². The molecule has 1 aliphatic rings. The second kappa shape index (κ2) is 10.6. The Labute approximate surface area is 213 Å². The number of rotatable bonds is 9. The molecule has 0 spiro atoms. The molecule has 5 rings (SSSR count). The highest BCUT2D eigenvalue weighted by Crippen LogP contribution is 2.43. The highest BCUT2D eigenvalue weighted by atomic mass is 16.3. The highest BCUT2D eigenvalue weighted by Gasteiger charge is 2.25. The van der Waals surface area contributed by atoms with Gasteiger partial charge in [-0.15, -0.1) is 0 Å². The number of nitrogens with zero attached hydrogens (tertiary/aromatic N) is 4. The van der Waals surface area contributed by atoms with Gasteiger partial charge in [0.2, 0.25) is 5.95 Å². The number of furan rings is 1. The monoisotopic (exact) mass is 481 g/mol. The van der Waals surface area contributed by atoms with Crippen LogP contribution in [0.4, 0.5) is 5.95 Å². The molecule has 0 fully saturated rings. The van der Waals surface area contributed by atoms with Crippen molar-refractivity contribution in [3.05, 3.63) is 72.3 Å². The van der Waals surface area contributed by atoms with Gasteiger partial charge < -0.3 is 14.6 Å². The Balaban J connectivity index is 1.47. The van der Waals surface area contributed by atoms with Crippen LogP contribution in [0.25, 0.3) is 33.8 Å². The van der Waals surface area contributed by atoms with E-state index in [0.717, 1.165) is 47.7 Å². The number of anilines is 1. The molecule has 0 saturated heterocycles. The van der Waals surface area contributed by atoms with E-state index in [4.69, 9.17) is 4.42 Å². The lowest BCUT2D eigenvalue weighted by atomic mass is 9.90. The summed E-state index contributed by atoms with van der Waals surface area (Å²) in [6.45, 7) is 6.34. The summed E-state index contributed by atoms with van der Waals surface area (Å²) in [5, 5.41) is 3.26. The van der Waals surface area contributed by atoms with Crippen molar-refractivity contribution >= 4 is 5.95 Å². The van der Waals surface area contributed by atoms with E-state index in [-0.39, 0.29) is 0 Å². The molecule has 36 heavy (non-hydrogen) atoms. The van der Waals surface area contributed by atoms with Crippen molar-refractivity contribution in [1.82, 2.24) is 19.9 Å². The minimum Gasteiger partial charge on any atom is -0.455 e. The van der Waals surface area contributed by atoms with Crippen LogP contribution in [0.5, 0.6) is 0 Å². The van der Waals surface area contributed by atoms with Gasteiger partial charge in [-0.2, -0.15) is 0 Å². The molecule has 1 atom stereocenters. The van der Waals surface area contributed by atoms with Crippen LogP contribution in [0.3, 0.4) is 0 Å². The quantitative estimate of drug-likeness (QED) is 0.294. The van der Waals surface area contributed by atoms with Crippen LogP contribution in [0.1, 0.15) is 43.7 Å². The summed E-state index contributed by atoms with van der Waals surface area (Å²) in [5.41, 5.74) is 7.12. The van der Waals surface area contributed by atoms with E-state index >= 15 is 0 Å². The minimum absolute atomic E-state index is 0.622. The molecule has 1 aromatic carbocycles. The SMILES string of the molecule is CC(C)CC1CCc2cc(-c3cc(-c4cnc(NCCN(C)C)nc4)oc3-c3ccncc3)ccc21. The van der Waals surface area contributed by atoms with E-state index in [2.05, 4.69) is 63.3 Å².